The Morgan fingerprint density at radius 3 is 2.12 bits per heavy atom. The maximum Gasteiger partial charge on any atom is 0.312 e. The number of carbonyl (C=O) groups is 1. The van der Waals surface area contributed by atoms with Gasteiger partial charge in [0.05, 0.1) is 11.0 Å². The molecule has 5 atom stereocenters. The summed E-state index contributed by atoms with van der Waals surface area (Å²) in [6.45, 7) is 17.2. The molecule has 0 spiro atoms. The normalized spacial score (nSPS) is 34.9. The van der Waals surface area contributed by atoms with E-state index in [0.717, 1.165) is 32.1 Å². The molecule has 0 aromatic rings. The van der Waals surface area contributed by atoms with Gasteiger partial charge < -0.3 is 9.84 Å². The van der Waals surface area contributed by atoms with E-state index in [4.69, 9.17) is 4.74 Å². The molecule has 0 aromatic heterocycles. The molecular formula is C23H42O3. The second-order valence-electron chi connectivity index (χ2n) is 11.8. The highest BCUT2D eigenvalue weighted by Gasteiger charge is 2.50. The molecule has 0 amide bonds. The first kappa shape index (κ1) is 21.7. The summed E-state index contributed by atoms with van der Waals surface area (Å²) in [6, 6.07) is 0. The maximum atomic E-state index is 13.3. The van der Waals surface area contributed by atoms with Gasteiger partial charge in [0.25, 0.3) is 0 Å². The summed E-state index contributed by atoms with van der Waals surface area (Å²) < 4.78 is 6.10. The Balaban J connectivity index is 2.13. The summed E-state index contributed by atoms with van der Waals surface area (Å²) >= 11 is 0. The zero-order valence-electron chi connectivity index (χ0n) is 18.4. The number of hydrogen-bond acceptors (Lipinski definition) is 3. The molecule has 0 heterocycles. The van der Waals surface area contributed by atoms with Crippen molar-refractivity contribution in [1.29, 1.82) is 0 Å². The number of fused-ring (bicyclic) bond motifs is 2. The number of ether oxygens (including phenoxy) is 1. The average molecular weight is 367 g/mol. The summed E-state index contributed by atoms with van der Waals surface area (Å²) in [5.74, 6) is 1.03. The predicted molar refractivity (Wildman–Crippen MR) is 107 cm³/mol. The molecular weight excluding hydrogens is 324 g/mol. The van der Waals surface area contributed by atoms with Gasteiger partial charge in [0.1, 0.15) is 6.10 Å². The SMILES string of the molecule is CCC1CC2CC(OC(=O)C(C)(CC(C)(C)C)C(C)(C)C)CC(O)(C1)C2. The molecule has 2 fully saturated rings. The predicted octanol–water partition coefficient (Wildman–Crippen LogP) is 5.74. The Hall–Kier alpha value is -0.570. The highest BCUT2D eigenvalue weighted by molar-refractivity contribution is 5.77. The van der Waals surface area contributed by atoms with E-state index in [0.29, 0.717) is 18.3 Å². The number of esters is 1. The van der Waals surface area contributed by atoms with Crippen molar-refractivity contribution in [2.45, 2.75) is 112 Å². The van der Waals surface area contributed by atoms with Crippen LogP contribution in [0.3, 0.4) is 0 Å². The summed E-state index contributed by atoms with van der Waals surface area (Å²) in [7, 11) is 0. The van der Waals surface area contributed by atoms with E-state index >= 15 is 0 Å². The minimum Gasteiger partial charge on any atom is -0.462 e. The van der Waals surface area contributed by atoms with Crippen molar-refractivity contribution >= 4 is 5.97 Å². The molecule has 2 saturated carbocycles. The number of hydrogen-bond donors (Lipinski definition) is 1. The van der Waals surface area contributed by atoms with Crippen LogP contribution in [0.2, 0.25) is 0 Å². The summed E-state index contributed by atoms with van der Waals surface area (Å²) in [5, 5.41) is 11.0. The Morgan fingerprint density at radius 2 is 1.65 bits per heavy atom. The van der Waals surface area contributed by atoms with E-state index in [9.17, 15) is 9.90 Å². The van der Waals surface area contributed by atoms with Gasteiger partial charge in [-0.1, -0.05) is 54.9 Å². The minimum absolute atomic E-state index is 0.0523. The van der Waals surface area contributed by atoms with Gasteiger partial charge in [-0.25, -0.2) is 0 Å². The molecule has 0 saturated heterocycles. The third-order valence-corrected chi connectivity index (χ3v) is 7.05. The highest BCUT2D eigenvalue weighted by Crippen LogP contribution is 2.50. The number of aliphatic hydroxyl groups is 1. The topological polar surface area (TPSA) is 46.5 Å². The van der Waals surface area contributed by atoms with Crippen molar-refractivity contribution in [2.75, 3.05) is 0 Å². The van der Waals surface area contributed by atoms with Crippen LogP contribution in [-0.4, -0.2) is 22.8 Å². The molecule has 2 aliphatic carbocycles. The zero-order chi connectivity index (χ0) is 20.0. The van der Waals surface area contributed by atoms with Crippen molar-refractivity contribution in [2.24, 2.45) is 28.1 Å². The Kier molecular flexibility index (Phi) is 5.94. The van der Waals surface area contributed by atoms with Gasteiger partial charge in [0, 0.05) is 6.42 Å². The Bertz CT molecular complexity index is 513. The lowest BCUT2D eigenvalue weighted by Crippen LogP contribution is -2.50. The zero-order valence-corrected chi connectivity index (χ0v) is 18.4. The van der Waals surface area contributed by atoms with E-state index in [1.54, 1.807) is 0 Å². The van der Waals surface area contributed by atoms with Crippen molar-refractivity contribution in [3.63, 3.8) is 0 Å². The Labute approximate surface area is 161 Å². The van der Waals surface area contributed by atoms with Crippen LogP contribution in [0.5, 0.6) is 0 Å². The second kappa shape index (κ2) is 7.11. The Morgan fingerprint density at radius 1 is 1.04 bits per heavy atom. The summed E-state index contributed by atoms with van der Waals surface area (Å²) in [5.41, 5.74) is -1.29. The van der Waals surface area contributed by atoms with Crippen molar-refractivity contribution in [3.05, 3.63) is 0 Å². The van der Waals surface area contributed by atoms with Crippen LogP contribution in [0.1, 0.15) is 100 Å². The molecule has 1 N–H and O–H groups in total. The van der Waals surface area contributed by atoms with E-state index in [2.05, 4.69) is 55.4 Å². The van der Waals surface area contributed by atoms with Crippen molar-refractivity contribution in [3.8, 4) is 0 Å². The molecule has 0 aromatic carbocycles. The standard InChI is InChI=1S/C23H42O3/c1-9-16-10-17-11-18(14-23(25,12-16)13-17)26-19(24)22(8,21(5,6)7)15-20(2,3)4/h16-18,25H,9-15H2,1-8H3. The molecule has 2 rings (SSSR count). The van der Waals surface area contributed by atoms with Crippen molar-refractivity contribution in [1.82, 2.24) is 0 Å². The first-order chi connectivity index (χ1) is 11.7. The van der Waals surface area contributed by atoms with Crippen molar-refractivity contribution < 1.29 is 14.6 Å². The minimum atomic E-state index is -0.630. The van der Waals surface area contributed by atoms with Crippen LogP contribution in [0.4, 0.5) is 0 Å². The van der Waals surface area contributed by atoms with Gasteiger partial charge in [-0.3, -0.25) is 4.79 Å². The van der Waals surface area contributed by atoms with Gasteiger partial charge in [-0.05, 0) is 61.7 Å². The third kappa shape index (κ3) is 4.82. The molecule has 3 heteroatoms. The van der Waals surface area contributed by atoms with E-state index < -0.39 is 11.0 Å². The van der Waals surface area contributed by atoms with E-state index in [1.165, 1.54) is 6.42 Å². The fraction of sp³-hybridized carbons (Fsp3) is 0.957. The second-order valence-corrected chi connectivity index (χ2v) is 11.8. The molecule has 3 nitrogen and oxygen atoms in total. The molecule has 152 valence electrons. The molecule has 2 bridgehead atoms. The fourth-order valence-electron chi connectivity index (χ4n) is 5.41. The van der Waals surface area contributed by atoms with Crippen LogP contribution in [-0.2, 0) is 9.53 Å². The largest absolute Gasteiger partial charge is 0.462 e. The molecule has 0 aliphatic heterocycles. The first-order valence-corrected chi connectivity index (χ1v) is 10.6. The lowest BCUT2D eigenvalue weighted by molar-refractivity contribution is -0.182. The van der Waals surface area contributed by atoms with Crippen LogP contribution in [0.25, 0.3) is 0 Å². The average Bonchev–Trinajstić information content (AvgIpc) is 2.41. The smallest absolute Gasteiger partial charge is 0.312 e. The molecule has 0 radical (unpaired) electrons. The monoisotopic (exact) mass is 366 g/mol. The molecule has 2 aliphatic rings. The van der Waals surface area contributed by atoms with Crippen LogP contribution in [0, 0.1) is 28.1 Å². The van der Waals surface area contributed by atoms with Gasteiger partial charge in [0.2, 0.25) is 0 Å². The lowest BCUT2D eigenvalue weighted by atomic mass is 9.61. The van der Waals surface area contributed by atoms with E-state index in [1.807, 2.05) is 0 Å². The van der Waals surface area contributed by atoms with Gasteiger partial charge in [-0.2, -0.15) is 0 Å². The summed E-state index contributed by atoms with van der Waals surface area (Å²) in [6.07, 6.45) is 6.25. The fourth-order valence-corrected chi connectivity index (χ4v) is 5.41. The highest BCUT2D eigenvalue weighted by atomic mass is 16.5. The third-order valence-electron chi connectivity index (χ3n) is 7.05. The van der Waals surface area contributed by atoms with E-state index in [-0.39, 0.29) is 22.9 Å². The van der Waals surface area contributed by atoms with Crippen LogP contribution in [0.15, 0.2) is 0 Å². The maximum absolute atomic E-state index is 13.3. The molecule has 26 heavy (non-hydrogen) atoms. The van der Waals surface area contributed by atoms with Gasteiger partial charge in [-0.15, -0.1) is 0 Å². The summed E-state index contributed by atoms with van der Waals surface area (Å²) in [4.78, 5) is 13.3. The molecule has 5 unspecified atom stereocenters. The van der Waals surface area contributed by atoms with Crippen LogP contribution >= 0.6 is 0 Å². The first-order valence-electron chi connectivity index (χ1n) is 10.6. The van der Waals surface area contributed by atoms with Gasteiger partial charge >= 0.3 is 5.97 Å². The van der Waals surface area contributed by atoms with Gasteiger partial charge in [0.15, 0.2) is 0 Å². The number of carbonyl (C=O) groups excluding carboxylic acids is 1. The lowest BCUT2D eigenvalue weighted by Gasteiger charge is -2.49. The van der Waals surface area contributed by atoms with Crippen LogP contribution < -0.4 is 0 Å². The number of rotatable bonds is 4. The quantitative estimate of drug-likeness (QED) is 0.646.